The molecular weight excluding hydrogens is 484 g/mol. The zero-order valence-corrected chi connectivity index (χ0v) is 20.8. The molecule has 192 valence electrons. The second-order valence-electron chi connectivity index (χ2n) is 9.72. The van der Waals surface area contributed by atoms with E-state index in [1.807, 2.05) is 42.2 Å². The van der Waals surface area contributed by atoms with Gasteiger partial charge in [0.15, 0.2) is 5.76 Å². The van der Waals surface area contributed by atoms with Gasteiger partial charge in [0, 0.05) is 6.20 Å². The van der Waals surface area contributed by atoms with Crippen LogP contribution < -0.4 is 4.90 Å². The van der Waals surface area contributed by atoms with Crippen LogP contribution in [0.2, 0.25) is 0 Å². The summed E-state index contributed by atoms with van der Waals surface area (Å²) in [6.07, 6.45) is 6.82. The Morgan fingerprint density at radius 1 is 0.947 bits per heavy atom. The number of nitrogens with zero attached hydrogens (tertiary/aromatic N) is 2. The number of unbranched alkanes of at least 4 members (excludes halogenated alkanes) is 1. The second-order valence-corrected chi connectivity index (χ2v) is 9.72. The number of fused-ring (bicyclic) bond motifs is 5. The number of carbonyl (C=O) groups excluding carboxylic acids is 4. The average molecular weight is 511 g/mol. The van der Waals surface area contributed by atoms with Crippen molar-refractivity contribution in [2.24, 2.45) is 11.8 Å². The Morgan fingerprint density at radius 3 is 2.45 bits per heavy atom. The fourth-order valence-electron chi connectivity index (χ4n) is 5.82. The number of Topliss-reactive ketones (excluding diaryl/α,β-unsaturated/α-hetero) is 1. The van der Waals surface area contributed by atoms with Crippen molar-refractivity contribution in [1.82, 2.24) is 4.90 Å². The molecule has 38 heavy (non-hydrogen) atoms. The van der Waals surface area contributed by atoms with E-state index in [-0.39, 0.29) is 17.5 Å². The van der Waals surface area contributed by atoms with Crippen LogP contribution in [-0.2, 0) is 14.3 Å². The fraction of sp³-hybridized carbons (Fsp3) is 0.267. The third kappa shape index (κ3) is 3.67. The Bertz CT molecular complexity index is 1440. The number of esters is 1. The summed E-state index contributed by atoms with van der Waals surface area (Å²) in [4.78, 5) is 56.8. The van der Waals surface area contributed by atoms with E-state index in [1.165, 1.54) is 6.26 Å². The lowest BCUT2D eigenvalue weighted by Crippen LogP contribution is -2.44. The molecule has 6 rings (SSSR count). The molecule has 0 radical (unpaired) electrons. The van der Waals surface area contributed by atoms with Crippen LogP contribution in [-0.4, -0.2) is 41.1 Å². The molecule has 2 fully saturated rings. The molecule has 0 unspecified atom stereocenters. The molecule has 0 saturated carbocycles. The Labute approximate surface area is 219 Å². The standard InChI is InChI=1S/C30H26N2O6/c1-2-3-16-38-30(36)19-10-12-20(13-11-19)32-28(34)23-24(29(32)35)26(27(33)22-9-6-17-37-22)31-15-14-18-7-4-5-8-21(18)25(23)31/h4-15,17,23-26H,2-3,16H2,1H3/t23-,24-,25+,26+/m1/s1. The van der Waals surface area contributed by atoms with Crippen LogP contribution in [0, 0.1) is 11.8 Å². The van der Waals surface area contributed by atoms with Crippen LogP contribution in [0.25, 0.3) is 6.08 Å². The molecule has 8 nitrogen and oxygen atoms in total. The molecule has 0 bridgehead atoms. The number of anilines is 1. The van der Waals surface area contributed by atoms with Gasteiger partial charge in [0.25, 0.3) is 0 Å². The minimum atomic E-state index is -0.893. The van der Waals surface area contributed by atoms with Gasteiger partial charge in [-0.25, -0.2) is 9.69 Å². The van der Waals surface area contributed by atoms with Gasteiger partial charge in [-0.15, -0.1) is 0 Å². The quantitative estimate of drug-likeness (QED) is 0.198. The summed E-state index contributed by atoms with van der Waals surface area (Å²) in [5.74, 6) is -3.10. The summed E-state index contributed by atoms with van der Waals surface area (Å²) >= 11 is 0. The largest absolute Gasteiger partial charge is 0.462 e. The van der Waals surface area contributed by atoms with Crippen LogP contribution >= 0.6 is 0 Å². The molecule has 3 aliphatic heterocycles. The summed E-state index contributed by atoms with van der Waals surface area (Å²) in [5, 5.41) is 0. The van der Waals surface area contributed by atoms with Gasteiger partial charge in [-0.05, 0) is 60.0 Å². The van der Waals surface area contributed by atoms with Crippen molar-refractivity contribution in [3.8, 4) is 0 Å². The highest BCUT2D eigenvalue weighted by Crippen LogP contribution is 2.53. The van der Waals surface area contributed by atoms with Crippen molar-refractivity contribution in [1.29, 1.82) is 0 Å². The van der Waals surface area contributed by atoms with Gasteiger partial charge >= 0.3 is 5.97 Å². The smallest absolute Gasteiger partial charge is 0.338 e. The minimum Gasteiger partial charge on any atom is -0.462 e. The summed E-state index contributed by atoms with van der Waals surface area (Å²) in [6, 6.07) is 15.8. The fourth-order valence-corrected chi connectivity index (χ4v) is 5.82. The van der Waals surface area contributed by atoms with Crippen LogP contribution in [0.1, 0.15) is 57.8 Å². The zero-order valence-electron chi connectivity index (χ0n) is 20.8. The van der Waals surface area contributed by atoms with Crippen LogP contribution in [0.3, 0.4) is 0 Å². The SMILES string of the molecule is CCCCOC(=O)c1ccc(N2C(=O)[C@@H]3[C@@H](C2=O)[C@@H]2c4ccccc4C=CN2[C@@H]3C(=O)c2ccco2)cc1. The lowest BCUT2D eigenvalue weighted by atomic mass is 9.84. The molecule has 8 heteroatoms. The number of benzene rings is 2. The topological polar surface area (TPSA) is 97.1 Å². The van der Waals surface area contributed by atoms with Crippen molar-refractivity contribution in [3.63, 3.8) is 0 Å². The van der Waals surface area contributed by atoms with Crippen molar-refractivity contribution in [3.05, 3.63) is 95.6 Å². The highest BCUT2D eigenvalue weighted by molar-refractivity contribution is 6.24. The van der Waals surface area contributed by atoms with Crippen LogP contribution in [0.5, 0.6) is 0 Å². The van der Waals surface area contributed by atoms with E-state index in [9.17, 15) is 19.2 Å². The maximum Gasteiger partial charge on any atom is 0.338 e. The number of ketones is 1. The van der Waals surface area contributed by atoms with Crippen molar-refractivity contribution in [2.45, 2.75) is 31.8 Å². The molecule has 0 spiro atoms. The van der Waals surface area contributed by atoms with Gasteiger partial charge in [0.05, 0.1) is 42.0 Å². The number of amides is 2. The zero-order chi connectivity index (χ0) is 26.4. The van der Waals surface area contributed by atoms with E-state index in [0.29, 0.717) is 17.9 Å². The van der Waals surface area contributed by atoms with Crippen LogP contribution in [0.4, 0.5) is 5.69 Å². The maximum atomic E-state index is 13.9. The monoisotopic (exact) mass is 510 g/mol. The molecule has 0 aliphatic carbocycles. The summed E-state index contributed by atoms with van der Waals surface area (Å²) < 4.78 is 10.7. The Kier molecular flexibility index (Phi) is 5.94. The third-order valence-electron chi connectivity index (χ3n) is 7.59. The van der Waals surface area contributed by atoms with Gasteiger partial charge in [0.1, 0.15) is 6.04 Å². The van der Waals surface area contributed by atoms with Crippen molar-refractivity contribution >= 4 is 35.3 Å². The van der Waals surface area contributed by atoms with Crippen molar-refractivity contribution < 1.29 is 28.3 Å². The predicted octanol–water partition coefficient (Wildman–Crippen LogP) is 4.63. The molecule has 3 aromatic rings. The number of carbonyl (C=O) groups is 4. The molecular formula is C30H26N2O6. The van der Waals surface area contributed by atoms with Gasteiger partial charge < -0.3 is 14.1 Å². The van der Waals surface area contributed by atoms with Crippen molar-refractivity contribution in [2.75, 3.05) is 11.5 Å². The lowest BCUT2D eigenvalue weighted by Gasteiger charge is -2.35. The molecule has 4 atom stereocenters. The van der Waals surface area contributed by atoms with Gasteiger partial charge in [-0.1, -0.05) is 37.6 Å². The highest BCUT2D eigenvalue weighted by Gasteiger charge is 2.64. The van der Waals surface area contributed by atoms with Gasteiger partial charge in [-0.2, -0.15) is 0 Å². The van der Waals surface area contributed by atoms with E-state index >= 15 is 0 Å². The molecule has 3 aliphatic rings. The van der Waals surface area contributed by atoms with E-state index in [1.54, 1.807) is 42.6 Å². The summed E-state index contributed by atoms with van der Waals surface area (Å²) in [7, 11) is 0. The maximum absolute atomic E-state index is 13.9. The number of hydrogen-bond donors (Lipinski definition) is 0. The minimum absolute atomic E-state index is 0.145. The number of rotatable bonds is 7. The summed E-state index contributed by atoms with van der Waals surface area (Å²) in [5.41, 5.74) is 2.54. The molecule has 1 aromatic heterocycles. The Morgan fingerprint density at radius 2 is 1.71 bits per heavy atom. The Balaban J connectivity index is 1.36. The molecule has 2 amide bonds. The molecule has 4 heterocycles. The van der Waals surface area contributed by atoms with E-state index in [4.69, 9.17) is 9.15 Å². The average Bonchev–Trinajstić information content (AvgIpc) is 3.65. The number of furan rings is 1. The number of ether oxygens (including phenoxy) is 1. The first-order chi connectivity index (χ1) is 18.5. The van der Waals surface area contributed by atoms with E-state index in [2.05, 4.69) is 0 Å². The first kappa shape index (κ1) is 23.9. The Hall–Kier alpha value is -4.46. The molecule has 2 aromatic carbocycles. The van der Waals surface area contributed by atoms with E-state index in [0.717, 1.165) is 28.9 Å². The molecule has 0 N–H and O–H groups in total. The first-order valence-corrected chi connectivity index (χ1v) is 12.8. The summed E-state index contributed by atoms with van der Waals surface area (Å²) in [6.45, 7) is 2.35. The normalized spacial score (nSPS) is 23.3. The predicted molar refractivity (Wildman–Crippen MR) is 138 cm³/mol. The number of imide groups is 1. The first-order valence-electron chi connectivity index (χ1n) is 12.8. The molecule has 2 saturated heterocycles. The lowest BCUT2D eigenvalue weighted by molar-refractivity contribution is -0.123. The van der Waals surface area contributed by atoms with Crippen LogP contribution in [0.15, 0.2) is 77.5 Å². The number of hydrogen-bond acceptors (Lipinski definition) is 7. The highest BCUT2D eigenvalue weighted by atomic mass is 16.5. The second kappa shape index (κ2) is 9.45. The van der Waals surface area contributed by atoms with Gasteiger partial charge in [0.2, 0.25) is 17.6 Å². The van der Waals surface area contributed by atoms with Gasteiger partial charge in [-0.3, -0.25) is 14.4 Å². The third-order valence-corrected chi connectivity index (χ3v) is 7.59. The van der Waals surface area contributed by atoms with E-state index < -0.39 is 35.8 Å².